The van der Waals surface area contributed by atoms with Crippen molar-refractivity contribution in [2.75, 3.05) is 5.32 Å². The van der Waals surface area contributed by atoms with Crippen LogP contribution in [-0.4, -0.2) is 45.1 Å². The lowest BCUT2D eigenvalue weighted by atomic mass is 10.2. The molecule has 1 N–H and O–H groups in total. The Hall–Kier alpha value is -4.26. The van der Waals surface area contributed by atoms with Crippen LogP contribution < -0.4 is 5.32 Å². The first-order valence-corrected chi connectivity index (χ1v) is 9.61. The summed E-state index contributed by atoms with van der Waals surface area (Å²) in [5.41, 5.74) is -1.26. The van der Waals surface area contributed by atoms with Crippen LogP contribution in [-0.2, 0) is 6.18 Å². The number of hydrogen-bond acceptors (Lipinski definition) is 6. The average Bonchev–Trinajstić information content (AvgIpc) is 3.52. The second-order valence-electron chi connectivity index (χ2n) is 6.69. The van der Waals surface area contributed by atoms with Gasteiger partial charge >= 0.3 is 6.18 Å². The highest BCUT2D eigenvalue weighted by Gasteiger charge is 2.41. The number of aromatic nitrogens is 8. The smallest absolute Gasteiger partial charge is 0.320 e. The fourth-order valence-electron chi connectivity index (χ4n) is 3.24. The summed E-state index contributed by atoms with van der Waals surface area (Å²) in [6.07, 6.45) is 2.90. The third-order valence-corrected chi connectivity index (χ3v) is 4.89. The Labute approximate surface area is 187 Å². The van der Waals surface area contributed by atoms with Crippen LogP contribution in [0, 0.1) is 0 Å². The first-order valence-electron chi connectivity index (χ1n) is 9.23. The number of pyridine rings is 2. The molecule has 0 fully saturated rings. The van der Waals surface area contributed by atoms with E-state index in [4.69, 9.17) is 11.6 Å². The number of imidazole rings is 1. The van der Waals surface area contributed by atoms with E-state index in [1.165, 1.54) is 47.6 Å². The van der Waals surface area contributed by atoms with Gasteiger partial charge in [-0.3, -0.25) is 9.20 Å². The molecule has 33 heavy (non-hydrogen) atoms. The zero-order valence-corrected chi connectivity index (χ0v) is 17.0. The van der Waals surface area contributed by atoms with Gasteiger partial charge < -0.3 is 5.32 Å². The van der Waals surface area contributed by atoms with Crippen molar-refractivity contribution in [2.24, 2.45) is 0 Å². The number of nitrogens with zero attached hydrogens (tertiary/aromatic N) is 8. The van der Waals surface area contributed by atoms with E-state index in [2.05, 4.69) is 30.6 Å². The second kappa shape index (κ2) is 7.70. The molecule has 0 aromatic carbocycles. The largest absolute Gasteiger partial charge is 0.434 e. The molecule has 0 saturated carbocycles. The lowest BCUT2D eigenvalue weighted by Gasteiger charge is -2.14. The number of anilines is 1. The summed E-state index contributed by atoms with van der Waals surface area (Å²) in [5, 5.41) is 14.1. The highest BCUT2D eigenvalue weighted by atomic mass is 35.5. The lowest BCUT2D eigenvalue weighted by Crippen LogP contribution is -2.21. The van der Waals surface area contributed by atoms with Gasteiger partial charge in [0.25, 0.3) is 5.91 Å². The van der Waals surface area contributed by atoms with Gasteiger partial charge in [-0.1, -0.05) is 17.7 Å². The molecule has 0 bridgehead atoms. The number of carbonyl (C=O) groups is 1. The van der Waals surface area contributed by atoms with E-state index in [9.17, 15) is 18.0 Å². The van der Waals surface area contributed by atoms with Crippen molar-refractivity contribution >= 4 is 28.7 Å². The third kappa shape index (κ3) is 3.67. The van der Waals surface area contributed by atoms with E-state index in [0.29, 0.717) is 10.2 Å². The zero-order chi connectivity index (χ0) is 23.2. The molecule has 0 radical (unpaired) electrons. The molecule has 1 amide bonds. The number of carbonyl (C=O) groups excluding carboxylic acids is 1. The summed E-state index contributed by atoms with van der Waals surface area (Å²) in [6.45, 7) is 0. The molecule has 5 rings (SSSR count). The maximum absolute atomic E-state index is 14.0. The van der Waals surface area contributed by atoms with Crippen LogP contribution >= 0.6 is 11.6 Å². The second-order valence-corrected chi connectivity index (χ2v) is 7.10. The molecule has 10 nitrogen and oxygen atoms in total. The molecule has 5 aromatic rings. The van der Waals surface area contributed by atoms with E-state index < -0.39 is 23.3 Å². The van der Waals surface area contributed by atoms with E-state index in [-0.39, 0.29) is 22.3 Å². The molecule has 14 heteroatoms. The first kappa shape index (κ1) is 20.6. The maximum Gasteiger partial charge on any atom is 0.434 e. The quantitative estimate of drug-likeness (QED) is 0.428. The number of hydrogen-bond donors (Lipinski definition) is 1. The minimum atomic E-state index is -4.88. The van der Waals surface area contributed by atoms with Gasteiger partial charge in [-0.15, -0.1) is 4.80 Å². The predicted octanol–water partition coefficient (Wildman–Crippen LogP) is 3.42. The summed E-state index contributed by atoms with van der Waals surface area (Å²) in [4.78, 5) is 21.9. The van der Waals surface area contributed by atoms with Crippen molar-refractivity contribution in [1.82, 2.24) is 39.1 Å². The SMILES string of the molecule is O=C(Nc1cnc(-n2nccn2)c(Cl)c1)c1cnn(-c2cccc3cncn23)c1C(F)(F)F. The van der Waals surface area contributed by atoms with Gasteiger partial charge in [0.2, 0.25) is 0 Å². The summed E-state index contributed by atoms with van der Waals surface area (Å²) in [5.74, 6) is -0.775. The molecule has 0 unspecified atom stereocenters. The number of nitrogens with one attached hydrogen (secondary N) is 1. The number of amides is 1. The molecular weight excluding hydrogens is 463 g/mol. The molecule has 0 aliphatic rings. The van der Waals surface area contributed by atoms with Crippen molar-refractivity contribution in [3.8, 4) is 11.6 Å². The molecule has 0 atom stereocenters. The normalized spacial score (nSPS) is 11.8. The van der Waals surface area contributed by atoms with Crippen molar-refractivity contribution < 1.29 is 18.0 Å². The number of rotatable bonds is 4. The topological polar surface area (TPSA) is 108 Å². The van der Waals surface area contributed by atoms with Crippen LogP contribution in [0.1, 0.15) is 16.1 Å². The monoisotopic (exact) mass is 473 g/mol. The minimum absolute atomic E-state index is 0.0668. The minimum Gasteiger partial charge on any atom is -0.320 e. The Bertz CT molecular complexity index is 1470. The Kier molecular flexibility index (Phi) is 4.82. The molecule has 5 aromatic heterocycles. The van der Waals surface area contributed by atoms with Crippen molar-refractivity contribution in [3.05, 3.63) is 77.9 Å². The van der Waals surface area contributed by atoms with E-state index in [1.807, 2.05) is 0 Å². The fraction of sp³-hybridized carbons (Fsp3) is 0.0526. The van der Waals surface area contributed by atoms with Gasteiger partial charge in [0.05, 0.1) is 52.8 Å². The van der Waals surface area contributed by atoms with Gasteiger partial charge in [0, 0.05) is 0 Å². The number of alkyl halides is 3. The van der Waals surface area contributed by atoms with Crippen LogP contribution in [0.5, 0.6) is 0 Å². The van der Waals surface area contributed by atoms with E-state index in [1.54, 1.807) is 12.1 Å². The van der Waals surface area contributed by atoms with Gasteiger partial charge in [0.15, 0.2) is 11.5 Å². The van der Waals surface area contributed by atoms with Crippen molar-refractivity contribution in [1.29, 1.82) is 0 Å². The van der Waals surface area contributed by atoms with Gasteiger partial charge in [-0.25, -0.2) is 14.6 Å². The molecule has 0 saturated heterocycles. The van der Waals surface area contributed by atoms with Gasteiger partial charge in [0.1, 0.15) is 12.1 Å². The molecule has 5 heterocycles. The predicted molar refractivity (Wildman–Crippen MR) is 109 cm³/mol. The van der Waals surface area contributed by atoms with Crippen LogP contribution in [0.25, 0.3) is 17.2 Å². The average molecular weight is 474 g/mol. The van der Waals surface area contributed by atoms with E-state index >= 15 is 0 Å². The Morgan fingerprint density at radius 3 is 2.58 bits per heavy atom. The van der Waals surface area contributed by atoms with E-state index in [0.717, 1.165) is 11.0 Å². The fourth-order valence-corrected chi connectivity index (χ4v) is 3.48. The molecule has 0 aliphatic carbocycles. The van der Waals surface area contributed by atoms with Crippen LogP contribution in [0.15, 0.2) is 61.6 Å². The van der Waals surface area contributed by atoms with Gasteiger partial charge in [-0.2, -0.15) is 28.5 Å². The van der Waals surface area contributed by atoms with Crippen LogP contribution in [0.4, 0.5) is 18.9 Å². The summed E-state index contributed by atoms with van der Waals surface area (Å²) >= 11 is 6.16. The van der Waals surface area contributed by atoms with Crippen LogP contribution in [0.3, 0.4) is 0 Å². The first-order chi connectivity index (χ1) is 15.8. The lowest BCUT2D eigenvalue weighted by molar-refractivity contribution is -0.143. The maximum atomic E-state index is 14.0. The highest BCUT2D eigenvalue weighted by molar-refractivity contribution is 6.32. The molecule has 0 aliphatic heterocycles. The molecular formula is C19H11ClF3N9O. The summed E-state index contributed by atoms with van der Waals surface area (Å²) in [7, 11) is 0. The van der Waals surface area contributed by atoms with Crippen molar-refractivity contribution in [3.63, 3.8) is 0 Å². The molecule has 166 valence electrons. The Morgan fingerprint density at radius 2 is 1.85 bits per heavy atom. The standard InChI is InChI=1S/C19H11ClF3N9O/c20-14-6-11(7-25-17(14)32-26-4-5-27-32)29-18(33)13-9-28-31(16(13)19(21,22)23)15-3-1-2-12-8-24-10-30(12)15/h1-10H,(H,29,33). The zero-order valence-electron chi connectivity index (χ0n) is 16.3. The number of halogens is 4. The number of fused-ring (bicyclic) bond motifs is 1. The Balaban J connectivity index is 1.52. The highest BCUT2D eigenvalue weighted by Crippen LogP contribution is 2.34. The Morgan fingerprint density at radius 1 is 1.06 bits per heavy atom. The van der Waals surface area contributed by atoms with Crippen LogP contribution in [0.2, 0.25) is 5.02 Å². The van der Waals surface area contributed by atoms with Crippen molar-refractivity contribution in [2.45, 2.75) is 6.18 Å². The summed E-state index contributed by atoms with van der Waals surface area (Å²) in [6, 6.07) is 6.01. The summed E-state index contributed by atoms with van der Waals surface area (Å²) < 4.78 is 44.1. The molecule has 0 spiro atoms. The third-order valence-electron chi connectivity index (χ3n) is 4.61. The van der Waals surface area contributed by atoms with Gasteiger partial charge in [-0.05, 0) is 18.2 Å².